The molecule has 0 aromatic heterocycles. The fourth-order valence-corrected chi connectivity index (χ4v) is 4.79. The predicted octanol–water partition coefficient (Wildman–Crippen LogP) is 3.99. The Kier molecular flexibility index (Phi) is 10.9. The molecule has 6 heteroatoms. The molecule has 0 aromatic carbocycles. The van der Waals surface area contributed by atoms with Gasteiger partial charge in [-0.15, -0.1) is 0 Å². The van der Waals surface area contributed by atoms with Gasteiger partial charge in [0.25, 0.3) is 5.17 Å². The van der Waals surface area contributed by atoms with Crippen LogP contribution in [0.25, 0.3) is 0 Å². The van der Waals surface area contributed by atoms with Gasteiger partial charge in [0.1, 0.15) is 0 Å². The van der Waals surface area contributed by atoms with E-state index in [1.165, 1.54) is 57.8 Å². The Morgan fingerprint density at radius 1 is 1.04 bits per heavy atom. The molecule has 136 valence electrons. The molecule has 4 nitrogen and oxygen atoms in total. The van der Waals surface area contributed by atoms with E-state index < -0.39 is 9.84 Å². The first kappa shape index (κ1) is 20.7. The molecule has 1 aliphatic rings. The van der Waals surface area contributed by atoms with Crippen LogP contribution in [-0.4, -0.2) is 37.7 Å². The van der Waals surface area contributed by atoms with E-state index in [1.807, 2.05) is 0 Å². The number of thiocarbonyl (C=S) groups is 1. The van der Waals surface area contributed by atoms with Crippen LogP contribution in [0.2, 0.25) is 0 Å². The second kappa shape index (κ2) is 12.1. The molecule has 23 heavy (non-hydrogen) atoms. The van der Waals surface area contributed by atoms with E-state index in [-0.39, 0.29) is 17.5 Å². The molecule has 0 spiro atoms. The summed E-state index contributed by atoms with van der Waals surface area (Å²) in [4.78, 5) is 0. The van der Waals surface area contributed by atoms with E-state index in [0.29, 0.717) is 18.2 Å². The van der Waals surface area contributed by atoms with Crippen molar-refractivity contribution in [1.29, 1.82) is 0 Å². The van der Waals surface area contributed by atoms with Gasteiger partial charge in [-0.25, -0.2) is 8.42 Å². The minimum absolute atomic E-state index is 0.0693. The summed E-state index contributed by atoms with van der Waals surface area (Å²) in [6.45, 7) is 2.88. The van der Waals surface area contributed by atoms with Crippen molar-refractivity contribution < 1.29 is 13.2 Å². The molecule has 1 fully saturated rings. The molecule has 0 amide bonds. The van der Waals surface area contributed by atoms with E-state index in [9.17, 15) is 8.42 Å². The van der Waals surface area contributed by atoms with Gasteiger partial charge in [-0.2, -0.15) is 0 Å². The molecule has 1 atom stereocenters. The van der Waals surface area contributed by atoms with Gasteiger partial charge in [0.15, 0.2) is 9.84 Å². The third-order valence-electron chi connectivity index (χ3n) is 4.29. The number of ether oxygens (including phenoxy) is 1. The topological polar surface area (TPSA) is 55.4 Å². The Morgan fingerprint density at radius 3 is 2.13 bits per heavy atom. The highest BCUT2D eigenvalue weighted by Crippen LogP contribution is 2.12. The maximum absolute atomic E-state index is 11.4. The van der Waals surface area contributed by atoms with Crippen molar-refractivity contribution in [2.45, 2.75) is 83.6 Å². The smallest absolute Gasteiger partial charge is 0.256 e. The molecular formula is C17H33NO3S2. The van der Waals surface area contributed by atoms with Crippen LogP contribution in [0.1, 0.15) is 77.6 Å². The van der Waals surface area contributed by atoms with Crippen LogP contribution in [0.15, 0.2) is 0 Å². The minimum Gasteiger partial charge on any atom is -0.471 e. The molecule has 1 heterocycles. The van der Waals surface area contributed by atoms with E-state index in [0.717, 1.165) is 6.42 Å². The van der Waals surface area contributed by atoms with Crippen molar-refractivity contribution in [3.63, 3.8) is 0 Å². The van der Waals surface area contributed by atoms with Crippen LogP contribution in [-0.2, 0) is 14.6 Å². The second-order valence-electron chi connectivity index (χ2n) is 6.56. The number of sulfone groups is 1. The van der Waals surface area contributed by atoms with Crippen molar-refractivity contribution >= 4 is 27.2 Å². The number of rotatable bonds is 12. The van der Waals surface area contributed by atoms with E-state index >= 15 is 0 Å². The highest BCUT2D eigenvalue weighted by atomic mass is 32.2. The van der Waals surface area contributed by atoms with Crippen molar-refractivity contribution in [2.75, 3.05) is 18.1 Å². The maximum atomic E-state index is 11.4. The molecule has 0 radical (unpaired) electrons. The Labute approximate surface area is 147 Å². The van der Waals surface area contributed by atoms with Gasteiger partial charge in [-0.1, -0.05) is 64.7 Å². The fraction of sp³-hybridized carbons (Fsp3) is 0.941. The average Bonchev–Trinajstić information content (AvgIpc) is 2.83. The standard InChI is InChI=1S/C17H33NO3S2/c1-2-3-4-5-6-7-8-9-10-11-13-21-17(22)18-16-12-14-23(19,20)15-16/h16H,2-15H2,1H3,(H,18,22). The summed E-state index contributed by atoms with van der Waals surface area (Å²) < 4.78 is 28.2. The third kappa shape index (κ3) is 10.9. The Bertz CT molecular complexity index is 424. The number of hydrogen-bond acceptors (Lipinski definition) is 4. The lowest BCUT2D eigenvalue weighted by Gasteiger charge is -2.13. The highest BCUT2D eigenvalue weighted by molar-refractivity contribution is 7.91. The Balaban J connectivity index is 1.86. The van der Waals surface area contributed by atoms with Crippen LogP contribution in [0.3, 0.4) is 0 Å². The maximum Gasteiger partial charge on any atom is 0.256 e. The first-order valence-electron chi connectivity index (χ1n) is 9.17. The van der Waals surface area contributed by atoms with Crippen LogP contribution in [0.4, 0.5) is 0 Å². The quantitative estimate of drug-likeness (QED) is 0.420. The third-order valence-corrected chi connectivity index (χ3v) is 6.29. The Morgan fingerprint density at radius 2 is 1.61 bits per heavy atom. The monoisotopic (exact) mass is 363 g/mol. The van der Waals surface area contributed by atoms with E-state index in [1.54, 1.807) is 0 Å². The first-order valence-corrected chi connectivity index (χ1v) is 11.4. The van der Waals surface area contributed by atoms with E-state index in [4.69, 9.17) is 17.0 Å². The van der Waals surface area contributed by atoms with Crippen molar-refractivity contribution in [2.24, 2.45) is 0 Å². The molecule has 0 bridgehead atoms. The van der Waals surface area contributed by atoms with Gasteiger partial charge in [-0.3, -0.25) is 0 Å². The van der Waals surface area contributed by atoms with Crippen molar-refractivity contribution in [3.8, 4) is 0 Å². The minimum atomic E-state index is -2.86. The van der Waals surface area contributed by atoms with E-state index in [2.05, 4.69) is 12.2 Å². The Hall–Kier alpha value is -0.360. The molecule has 1 aliphatic heterocycles. The molecule has 0 saturated carbocycles. The zero-order chi connectivity index (χ0) is 17.0. The van der Waals surface area contributed by atoms with Gasteiger partial charge >= 0.3 is 0 Å². The van der Waals surface area contributed by atoms with Gasteiger partial charge in [0.05, 0.1) is 18.1 Å². The molecule has 1 saturated heterocycles. The summed E-state index contributed by atoms with van der Waals surface area (Å²) in [6.07, 6.45) is 13.6. The summed E-state index contributed by atoms with van der Waals surface area (Å²) >= 11 is 5.11. The predicted molar refractivity (Wildman–Crippen MR) is 101 cm³/mol. The van der Waals surface area contributed by atoms with Crippen LogP contribution in [0, 0.1) is 0 Å². The molecule has 1 rings (SSSR count). The fourth-order valence-electron chi connectivity index (χ4n) is 2.87. The lowest BCUT2D eigenvalue weighted by Crippen LogP contribution is -2.35. The second-order valence-corrected chi connectivity index (χ2v) is 9.16. The number of nitrogens with one attached hydrogen (secondary N) is 1. The normalized spacial score (nSPS) is 19.6. The summed E-state index contributed by atoms with van der Waals surface area (Å²) in [5.41, 5.74) is 0. The van der Waals surface area contributed by atoms with Crippen LogP contribution >= 0.6 is 12.2 Å². The van der Waals surface area contributed by atoms with Gasteiger partial charge < -0.3 is 10.1 Å². The summed E-state index contributed by atoms with van der Waals surface area (Å²) in [7, 11) is -2.86. The van der Waals surface area contributed by atoms with Crippen LogP contribution in [0.5, 0.6) is 0 Å². The van der Waals surface area contributed by atoms with Crippen molar-refractivity contribution in [1.82, 2.24) is 5.32 Å². The zero-order valence-corrected chi connectivity index (χ0v) is 16.2. The van der Waals surface area contributed by atoms with Gasteiger partial charge in [0, 0.05) is 6.04 Å². The van der Waals surface area contributed by atoms with Crippen molar-refractivity contribution in [3.05, 3.63) is 0 Å². The summed E-state index contributed by atoms with van der Waals surface area (Å²) in [5.74, 6) is 0.431. The molecule has 0 aliphatic carbocycles. The summed E-state index contributed by atoms with van der Waals surface area (Å²) in [5, 5.41) is 3.35. The van der Waals surface area contributed by atoms with Gasteiger partial charge in [-0.05, 0) is 25.1 Å². The summed E-state index contributed by atoms with van der Waals surface area (Å²) in [6, 6.07) is -0.0693. The zero-order valence-electron chi connectivity index (χ0n) is 14.5. The molecule has 0 aromatic rings. The molecule has 1 N–H and O–H groups in total. The molecule has 1 unspecified atom stereocenters. The average molecular weight is 364 g/mol. The molecular weight excluding hydrogens is 330 g/mol. The highest BCUT2D eigenvalue weighted by Gasteiger charge is 2.28. The lowest BCUT2D eigenvalue weighted by molar-refractivity contribution is 0.283. The first-order chi connectivity index (χ1) is 11.0. The number of unbranched alkanes of at least 4 members (excludes halogenated alkanes) is 9. The SMILES string of the molecule is CCCCCCCCCCCCOC(=S)NC1CCS(=O)(=O)C1. The largest absolute Gasteiger partial charge is 0.471 e. The van der Waals surface area contributed by atoms with Gasteiger partial charge in [0.2, 0.25) is 0 Å². The lowest BCUT2D eigenvalue weighted by atomic mass is 10.1. The number of hydrogen-bond donors (Lipinski definition) is 1. The van der Waals surface area contributed by atoms with Crippen LogP contribution < -0.4 is 5.32 Å².